The second kappa shape index (κ2) is 7.53. The molecule has 1 N–H and O–H groups in total. The van der Waals surface area contributed by atoms with E-state index < -0.39 is 0 Å². The van der Waals surface area contributed by atoms with Gasteiger partial charge in [0.25, 0.3) is 0 Å². The maximum Gasteiger partial charge on any atom is 0.187 e. The highest BCUT2D eigenvalue weighted by Gasteiger charge is 2.07. The van der Waals surface area contributed by atoms with Gasteiger partial charge in [-0.2, -0.15) is 0 Å². The van der Waals surface area contributed by atoms with Gasteiger partial charge in [-0.1, -0.05) is 42.5 Å². The number of fused-ring (bicyclic) bond motifs is 1. The summed E-state index contributed by atoms with van der Waals surface area (Å²) in [5, 5.41) is 5.08. The van der Waals surface area contributed by atoms with Crippen LogP contribution >= 0.6 is 0 Å². The highest BCUT2D eigenvalue weighted by Crippen LogP contribution is 2.29. The Morgan fingerprint density at radius 1 is 0.960 bits per heavy atom. The normalized spacial score (nSPS) is 10.8. The molecule has 0 aliphatic carbocycles. The van der Waals surface area contributed by atoms with Gasteiger partial charge in [-0.3, -0.25) is 4.79 Å². The van der Waals surface area contributed by atoms with Crippen molar-refractivity contribution in [2.24, 2.45) is 0 Å². The zero-order valence-electron chi connectivity index (χ0n) is 14.2. The lowest BCUT2D eigenvalue weighted by Gasteiger charge is -2.10. The van der Waals surface area contributed by atoms with Crippen molar-refractivity contribution >= 4 is 22.2 Å². The fraction of sp³-hybridized carbons (Fsp3) is 0.0952. The summed E-state index contributed by atoms with van der Waals surface area (Å²) >= 11 is 0. The van der Waals surface area contributed by atoms with Crippen LogP contribution in [0.5, 0.6) is 11.5 Å². The van der Waals surface area contributed by atoms with Gasteiger partial charge in [-0.25, -0.2) is 0 Å². The fourth-order valence-corrected chi connectivity index (χ4v) is 2.65. The average Bonchev–Trinajstić information content (AvgIpc) is 2.67. The second-order valence-corrected chi connectivity index (χ2v) is 5.43. The van der Waals surface area contributed by atoms with Crippen molar-refractivity contribution < 1.29 is 14.3 Å². The average molecular weight is 333 g/mol. The molecule has 0 saturated carbocycles. The molecule has 126 valence electrons. The Morgan fingerprint density at radius 2 is 1.76 bits per heavy atom. The number of carbonyl (C=O) groups is 1. The fourth-order valence-electron chi connectivity index (χ4n) is 2.65. The Hall–Kier alpha value is -3.27. The summed E-state index contributed by atoms with van der Waals surface area (Å²) in [5.74, 6) is 1.29. The lowest BCUT2D eigenvalue weighted by molar-refractivity contribution is 0.104. The number of nitrogens with one attached hydrogen (secondary N) is 1. The molecule has 0 aliphatic heterocycles. The van der Waals surface area contributed by atoms with E-state index in [2.05, 4.69) is 5.32 Å². The molecule has 0 bridgehead atoms. The summed E-state index contributed by atoms with van der Waals surface area (Å²) < 4.78 is 10.5. The third-order valence-electron chi connectivity index (χ3n) is 3.94. The van der Waals surface area contributed by atoms with E-state index in [1.807, 2.05) is 54.6 Å². The minimum Gasteiger partial charge on any atom is -0.497 e. The predicted octanol–water partition coefficient (Wildman–Crippen LogP) is 4.67. The molecule has 0 aliphatic rings. The van der Waals surface area contributed by atoms with Crippen molar-refractivity contribution in [3.05, 3.63) is 78.5 Å². The van der Waals surface area contributed by atoms with E-state index >= 15 is 0 Å². The molecule has 0 fully saturated rings. The Labute approximate surface area is 146 Å². The van der Waals surface area contributed by atoms with Gasteiger partial charge in [0.05, 0.1) is 19.9 Å². The van der Waals surface area contributed by atoms with Crippen molar-refractivity contribution in [1.82, 2.24) is 0 Å². The van der Waals surface area contributed by atoms with Crippen LogP contribution in [0.15, 0.2) is 72.9 Å². The van der Waals surface area contributed by atoms with E-state index in [9.17, 15) is 4.79 Å². The molecule has 0 unspecified atom stereocenters. The number of hydrogen-bond donors (Lipinski definition) is 1. The molecular formula is C21H19NO3. The van der Waals surface area contributed by atoms with Crippen LogP contribution in [0, 0.1) is 0 Å². The molecule has 0 atom stereocenters. The number of ether oxygens (including phenoxy) is 2. The molecule has 4 nitrogen and oxygen atoms in total. The van der Waals surface area contributed by atoms with Crippen molar-refractivity contribution in [3.63, 3.8) is 0 Å². The van der Waals surface area contributed by atoms with Gasteiger partial charge in [0, 0.05) is 23.9 Å². The smallest absolute Gasteiger partial charge is 0.187 e. The second-order valence-electron chi connectivity index (χ2n) is 5.43. The number of anilines is 1. The van der Waals surface area contributed by atoms with Crippen molar-refractivity contribution in [2.45, 2.75) is 0 Å². The molecule has 0 amide bonds. The largest absolute Gasteiger partial charge is 0.497 e. The standard InChI is InChI=1S/C21H19NO3/c1-24-16-10-11-19(21(14-16)25-2)22-13-12-20(23)18-9-5-7-15-6-3-4-8-17(15)18/h3-14,22H,1-2H3/b13-12+. The van der Waals surface area contributed by atoms with Crippen LogP contribution in [0.25, 0.3) is 10.8 Å². The Bertz CT molecular complexity index is 926. The lowest BCUT2D eigenvalue weighted by atomic mass is 10.0. The number of allylic oxidation sites excluding steroid dienone is 1. The number of methoxy groups -OCH3 is 2. The van der Waals surface area contributed by atoms with E-state index in [0.29, 0.717) is 17.1 Å². The number of rotatable bonds is 6. The van der Waals surface area contributed by atoms with Gasteiger partial charge in [0.2, 0.25) is 0 Å². The van der Waals surface area contributed by atoms with Gasteiger partial charge in [0.15, 0.2) is 5.78 Å². The van der Waals surface area contributed by atoms with Crippen LogP contribution in [-0.4, -0.2) is 20.0 Å². The maximum absolute atomic E-state index is 12.5. The first-order valence-electron chi connectivity index (χ1n) is 7.90. The summed E-state index contributed by atoms with van der Waals surface area (Å²) in [5.41, 5.74) is 1.43. The molecule has 0 heterocycles. The molecule has 0 spiro atoms. The van der Waals surface area contributed by atoms with E-state index in [0.717, 1.165) is 16.5 Å². The number of carbonyl (C=O) groups excluding carboxylic acids is 1. The maximum atomic E-state index is 12.5. The Kier molecular flexibility index (Phi) is 5.00. The highest BCUT2D eigenvalue weighted by molar-refractivity contribution is 6.13. The van der Waals surface area contributed by atoms with Gasteiger partial charge >= 0.3 is 0 Å². The summed E-state index contributed by atoms with van der Waals surface area (Å²) in [7, 11) is 3.19. The molecule has 25 heavy (non-hydrogen) atoms. The quantitative estimate of drug-likeness (QED) is 0.526. The first kappa shape index (κ1) is 16.6. The van der Waals surface area contributed by atoms with Gasteiger partial charge in [-0.15, -0.1) is 0 Å². The summed E-state index contributed by atoms with van der Waals surface area (Å²) in [6, 6.07) is 19.0. The number of hydrogen-bond acceptors (Lipinski definition) is 4. The molecule has 3 aromatic rings. The SMILES string of the molecule is COc1ccc(N/C=C/C(=O)c2cccc3ccccc23)c(OC)c1. The minimum atomic E-state index is -0.0585. The third-order valence-corrected chi connectivity index (χ3v) is 3.94. The zero-order valence-corrected chi connectivity index (χ0v) is 14.2. The summed E-state index contributed by atoms with van der Waals surface area (Å²) in [6.07, 6.45) is 3.14. The van der Waals surface area contributed by atoms with E-state index in [4.69, 9.17) is 9.47 Å². The van der Waals surface area contributed by atoms with E-state index in [1.54, 1.807) is 26.5 Å². The van der Waals surface area contributed by atoms with Crippen molar-refractivity contribution in [2.75, 3.05) is 19.5 Å². The van der Waals surface area contributed by atoms with Crippen LogP contribution in [0.4, 0.5) is 5.69 Å². The highest BCUT2D eigenvalue weighted by atomic mass is 16.5. The summed E-state index contributed by atoms with van der Waals surface area (Å²) in [4.78, 5) is 12.5. The van der Waals surface area contributed by atoms with Crippen LogP contribution < -0.4 is 14.8 Å². The molecule has 3 rings (SSSR count). The molecule has 0 aromatic heterocycles. The molecule has 0 saturated heterocycles. The van der Waals surface area contributed by atoms with Crippen LogP contribution in [0.2, 0.25) is 0 Å². The van der Waals surface area contributed by atoms with Gasteiger partial charge < -0.3 is 14.8 Å². The van der Waals surface area contributed by atoms with Crippen LogP contribution in [-0.2, 0) is 0 Å². The Morgan fingerprint density at radius 3 is 2.56 bits per heavy atom. The zero-order chi connectivity index (χ0) is 17.6. The van der Waals surface area contributed by atoms with Gasteiger partial charge in [0.1, 0.15) is 11.5 Å². The molecule has 3 aromatic carbocycles. The van der Waals surface area contributed by atoms with Crippen molar-refractivity contribution in [3.8, 4) is 11.5 Å². The minimum absolute atomic E-state index is 0.0585. The molecular weight excluding hydrogens is 314 g/mol. The molecule has 4 heteroatoms. The third kappa shape index (κ3) is 3.63. The first-order valence-corrected chi connectivity index (χ1v) is 7.90. The summed E-state index contributed by atoms with van der Waals surface area (Å²) in [6.45, 7) is 0. The van der Waals surface area contributed by atoms with Crippen molar-refractivity contribution in [1.29, 1.82) is 0 Å². The van der Waals surface area contributed by atoms with Crippen LogP contribution in [0.3, 0.4) is 0 Å². The topological polar surface area (TPSA) is 47.6 Å². The first-order chi connectivity index (χ1) is 12.2. The number of ketones is 1. The van der Waals surface area contributed by atoms with E-state index in [-0.39, 0.29) is 5.78 Å². The number of benzene rings is 3. The molecule has 0 radical (unpaired) electrons. The lowest BCUT2D eigenvalue weighted by Crippen LogP contribution is -1.98. The van der Waals surface area contributed by atoms with Gasteiger partial charge in [-0.05, 0) is 22.9 Å². The Balaban J connectivity index is 1.79. The monoisotopic (exact) mass is 333 g/mol. The predicted molar refractivity (Wildman–Crippen MR) is 101 cm³/mol. The van der Waals surface area contributed by atoms with Crippen LogP contribution in [0.1, 0.15) is 10.4 Å². The van der Waals surface area contributed by atoms with E-state index in [1.165, 1.54) is 6.08 Å².